The van der Waals surface area contributed by atoms with Crippen LogP contribution in [-0.2, 0) is 12.3 Å². The van der Waals surface area contributed by atoms with E-state index in [0.29, 0.717) is 29.0 Å². The van der Waals surface area contributed by atoms with Crippen molar-refractivity contribution >= 4 is 29.3 Å². The van der Waals surface area contributed by atoms with Crippen molar-refractivity contribution in [3.05, 3.63) is 96.3 Å². The number of aromatic nitrogens is 7. The van der Waals surface area contributed by atoms with Crippen LogP contribution in [0.15, 0.2) is 84.3 Å². The van der Waals surface area contributed by atoms with Crippen LogP contribution >= 0.6 is 11.8 Å². The number of rotatable bonds is 8. The minimum Gasteiger partial charge on any atom is -0.368 e. The van der Waals surface area contributed by atoms with E-state index in [1.165, 1.54) is 23.9 Å². The van der Waals surface area contributed by atoms with E-state index in [-0.39, 0.29) is 17.7 Å². The van der Waals surface area contributed by atoms with Crippen molar-refractivity contribution in [2.45, 2.75) is 17.5 Å². The Morgan fingerprint density at radius 3 is 2.43 bits per heavy atom. The molecular formula is C24H20FN9S. The molecule has 3 aromatic heterocycles. The van der Waals surface area contributed by atoms with Crippen molar-refractivity contribution in [2.24, 2.45) is 0 Å². The third-order valence-electron chi connectivity index (χ3n) is 4.97. The van der Waals surface area contributed by atoms with Crippen LogP contribution in [-0.4, -0.2) is 34.7 Å². The van der Waals surface area contributed by atoms with E-state index in [0.717, 1.165) is 17.0 Å². The Hall–Kier alpha value is -4.38. The van der Waals surface area contributed by atoms with Gasteiger partial charge in [-0.3, -0.25) is 9.55 Å². The number of nitrogens with two attached hydrogens (primary N) is 1. The Labute approximate surface area is 204 Å². The van der Waals surface area contributed by atoms with Crippen LogP contribution in [0.2, 0.25) is 0 Å². The molecule has 5 aromatic rings. The molecule has 2 aromatic carbocycles. The average Bonchev–Trinajstić information content (AvgIpc) is 3.27. The summed E-state index contributed by atoms with van der Waals surface area (Å²) in [5, 5.41) is 12.6. The molecule has 0 saturated heterocycles. The second-order valence-electron chi connectivity index (χ2n) is 7.47. The first-order valence-electron chi connectivity index (χ1n) is 10.7. The minimum atomic E-state index is -0.325. The third kappa shape index (κ3) is 5.58. The van der Waals surface area contributed by atoms with Crippen molar-refractivity contribution in [1.82, 2.24) is 34.7 Å². The number of halogens is 1. The maximum atomic E-state index is 13.2. The maximum Gasteiger partial charge on any atom is 0.232 e. The molecule has 0 aliphatic heterocycles. The first-order valence-corrected chi connectivity index (χ1v) is 11.7. The molecule has 0 radical (unpaired) electrons. The highest BCUT2D eigenvalue weighted by molar-refractivity contribution is 7.98. The average molecular weight is 486 g/mol. The summed E-state index contributed by atoms with van der Waals surface area (Å²) in [6.45, 7) is 0.602. The normalized spacial score (nSPS) is 10.9. The lowest BCUT2D eigenvalue weighted by Gasteiger charge is -2.11. The summed E-state index contributed by atoms with van der Waals surface area (Å²) in [7, 11) is 0. The van der Waals surface area contributed by atoms with Gasteiger partial charge in [0.15, 0.2) is 11.0 Å². The lowest BCUT2D eigenvalue weighted by Crippen LogP contribution is -2.07. The standard InChI is InChI=1S/C24H20FN9S/c25-18-6-8-19(9-7-18)28-23-30-20(29-22(26)31-23)15-35-24-33-32-21(17-10-12-27-13-11-17)34(24)14-16-4-2-1-3-5-16/h1-13H,14-15H2,(H3,26,28,29,30,31). The van der Waals surface area contributed by atoms with Crippen molar-refractivity contribution in [2.75, 3.05) is 11.1 Å². The van der Waals surface area contributed by atoms with E-state index in [9.17, 15) is 4.39 Å². The van der Waals surface area contributed by atoms with Gasteiger partial charge in [0.25, 0.3) is 0 Å². The van der Waals surface area contributed by atoms with Gasteiger partial charge in [-0.05, 0) is 42.0 Å². The Morgan fingerprint density at radius 2 is 1.66 bits per heavy atom. The molecule has 11 heteroatoms. The first-order chi connectivity index (χ1) is 17.1. The van der Waals surface area contributed by atoms with Gasteiger partial charge in [-0.2, -0.15) is 15.0 Å². The van der Waals surface area contributed by atoms with E-state index in [4.69, 9.17) is 5.73 Å². The molecule has 35 heavy (non-hydrogen) atoms. The molecule has 0 aliphatic carbocycles. The fourth-order valence-corrected chi connectivity index (χ4v) is 4.16. The zero-order valence-corrected chi connectivity index (χ0v) is 19.2. The minimum absolute atomic E-state index is 0.0865. The number of nitrogens with one attached hydrogen (secondary N) is 1. The number of hydrogen-bond acceptors (Lipinski definition) is 9. The van der Waals surface area contributed by atoms with Gasteiger partial charge in [0.2, 0.25) is 11.9 Å². The molecule has 0 spiro atoms. The van der Waals surface area contributed by atoms with Gasteiger partial charge in [-0.15, -0.1) is 10.2 Å². The summed E-state index contributed by atoms with van der Waals surface area (Å²) in [5.41, 5.74) is 8.59. The summed E-state index contributed by atoms with van der Waals surface area (Å²) < 4.78 is 15.2. The van der Waals surface area contributed by atoms with E-state index < -0.39 is 0 Å². The monoisotopic (exact) mass is 485 g/mol. The fourth-order valence-electron chi connectivity index (χ4n) is 3.37. The highest BCUT2D eigenvalue weighted by Crippen LogP contribution is 2.27. The Bertz CT molecular complexity index is 1410. The molecule has 0 saturated carbocycles. The summed E-state index contributed by atoms with van der Waals surface area (Å²) in [6.07, 6.45) is 3.46. The highest BCUT2D eigenvalue weighted by atomic mass is 32.2. The number of nitrogen functional groups attached to an aromatic ring is 1. The van der Waals surface area contributed by atoms with Gasteiger partial charge >= 0.3 is 0 Å². The van der Waals surface area contributed by atoms with Crippen LogP contribution in [0.3, 0.4) is 0 Å². The molecule has 9 nitrogen and oxygen atoms in total. The number of hydrogen-bond donors (Lipinski definition) is 2. The van der Waals surface area contributed by atoms with Gasteiger partial charge in [-0.1, -0.05) is 42.1 Å². The largest absolute Gasteiger partial charge is 0.368 e. The predicted octanol–water partition coefficient (Wildman–Crippen LogP) is 4.33. The summed E-state index contributed by atoms with van der Waals surface area (Å²) in [4.78, 5) is 16.9. The summed E-state index contributed by atoms with van der Waals surface area (Å²) in [6, 6.07) is 19.8. The Morgan fingerprint density at radius 1 is 0.886 bits per heavy atom. The van der Waals surface area contributed by atoms with E-state index >= 15 is 0 Å². The Kier molecular flexibility index (Phi) is 6.57. The van der Waals surface area contributed by atoms with Crippen LogP contribution in [0.4, 0.5) is 22.0 Å². The van der Waals surface area contributed by atoms with E-state index in [2.05, 4.69) is 52.1 Å². The molecule has 0 unspecified atom stereocenters. The first kappa shape index (κ1) is 22.4. The summed E-state index contributed by atoms with van der Waals surface area (Å²) >= 11 is 1.45. The zero-order valence-electron chi connectivity index (χ0n) is 18.4. The van der Waals surface area contributed by atoms with Crippen molar-refractivity contribution in [1.29, 1.82) is 0 Å². The molecule has 3 N–H and O–H groups in total. The molecule has 3 heterocycles. The maximum absolute atomic E-state index is 13.2. The molecular weight excluding hydrogens is 465 g/mol. The number of pyridine rings is 1. The van der Waals surface area contributed by atoms with Gasteiger partial charge in [-0.25, -0.2) is 4.39 Å². The van der Waals surface area contributed by atoms with Crippen LogP contribution < -0.4 is 11.1 Å². The van der Waals surface area contributed by atoms with Gasteiger partial charge < -0.3 is 11.1 Å². The zero-order chi connectivity index (χ0) is 24.0. The summed E-state index contributed by atoms with van der Waals surface area (Å²) in [5.74, 6) is 1.66. The van der Waals surface area contributed by atoms with Crippen LogP contribution in [0, 0.1) is 5.82 Å². The molecule has 5 rings (SSSR count). The van der Waals surface area contributed by atoms with Crippen LogP contribution in [0.1, 0.15) is 11.4 Å². The van der Waals surface area contributed by atoms with Gasteiger partial charge in [0.05, 0.1) is 12.3 Å². The molecule has 0 bridgehead atoms. The second kappa shape index (κ2) is 10.3. The van der Waals surface area contributed by atoms with Gasteiger partial charge in [0.1, 0.15) is 11.6 Å². The smallest absolute Gasteiger partial charge is 0.232 e. The van der Waals surface area contributed by atoms with E-state index in [1.54, 1.807) is 24.5 Å². The van der Waals surface area contributed by atoms with Crippen molar-refractivity contribution < 1.29 is 4.39 Å². The molecule has 0 atom stereocenters. The number of anilines is 3. The molecule has 0 aliphatic rings. The molecule has 0 amide bonds. The third-order valence-corrected chi connectivity index (χ3v) is 5.93. The molecule has 0 fully saturated rings. The van der Waals surface area contributed by atoms with Crippen molar-refractivity contribution in [3.8, 4) is 11.4 Å². The predicted molar refractivity (Wildman–Crippen MR) is 132 cm³/mol. The fraction of sp³-hybridized carbons (Fsp3) is 0.0833. The topological polar surface area (TPSA) is 120 Å². The van der Waals surface area contributed by atoms with Crippen LogP contribution in [0.5, 0.6) is 0 Å². The number of thioether (sulfide) groups is 1. The Balaban J connectivity index is 1.39. The van der Waals surface area contributed by atoms with E-state index in [1.807, 2.05) is 30.3 Å². The number of benzene rings is 2. The second-order valence-corrected chi connectivity index (χ2v) is 8.41. The lowest BCUT2D eigenvalue weighted by molar-refractivity contribution is 0.628. The number of nitrogens with zero attached hydrogens (tertiary/aromatic N) is 7. The lowest BCUT2D eigenvalue weighted by atomic mass is 10.2. The SMILES string of the molecule is Nc1nc(CSc2nnc(-c3ccncc3)n2Cc2ccccc2)nc(Nc2ccc(F)cc2)n1. The highest BCUT2D eigenvalue weighted by Gasteiger charge is 2.16. The van der Waals surface area contributed by atoms with Crippen molar-refractivity contribution in [3.63, 3.8) is 0 Å². The van der Waals surface area contributed by atoms with Gasteiger partial charge in [0, 0.05) is 23.6 Å². The quantitative estimate of drug-likeness (QED) is 0.309. The molecule has 174 valence electrons. The van der Waals surface area contributed by atoms with Crippen LogP contribution in [0.25, 0.3) is 11.4 Å².